The van der Waals surface area contributed by atoms with Crippen molar-refractivity contribution in [2.24, 2.45) is 0 Å². The summed E-state index contributed by atoms with van der Waals surface area (Å²) < 4.78 is 27.3. The van der Waals surface area contributed by atoms with Crippen molar-refractivity contribution >= 4 is 22.5 Å². The summed E-state index contributed by atoms with van der Waals surface area (Å²) in [5, 5.41) is 10.5. The zero-order valence-electron chi connectivity index (χ0n) is 16.9. The van der Waals surface area contributed by atoms with Crippen molar-refractivity contribution in [3.63, 3.8) is 0 Å². The smallest absolute Gasteiger partial charge is 0.163 e. The average molecular weight is 446 g/mol. The van der Waals surface area contributed by atoms with Crippen LogP contribution in [0.3, 0.4) is 0 Å². The molecule has 0 bridgehead atoms. The van der Waals surface area contributed by atoms with Gasteiger partial charge in [-0.3, -0.25) is 0 Å². The topological polar surface area (TPSA) is 49.2 Å². The number of fused-ring (bicyclic) bond motifs is 4. The van der Waals surface area contributed by atoms with Crippen LogP contribution >= 0.6 is 11.6 Å². The molecule has 3 aliphatic heterocycles. The van der Waals surface area contributed by atoms with Gasteiger partial charge in [-0.2, -0.15) is 0 Å². The number of hydrogen-bond donors (Lipinski definition) is 0. The fourth-order valence-corrected chi connectivity index (χ4v) is 4.24. The molecule has 158 valence electrons. The van der Waals surface area contributed by atoms with Gasteiger partial charge in [0.15, 0.2) is 11.5 Å². The Labute approximate surface area is 188 Å². The first-order valence-electron chi connectivity index (χ1n) is 10.2. The molecule has 7 heteroatoms. The van der Waals surface area contributed by atoms with Crippen LogP contribution < -0.4 is 9.47 Å². The molecule has 0 spiro atoms. The van der Waals surface area contributed by atoms with E-state index < -0.39 is 0 Å². The Hall–Kier alpha value is -3.64. The number of aromatic nitrogens is 3. The van der Waals surface area contributed by atoms with Gasteiger partial charge in [0, 0.05) is 40.3 Å². The molecular weight excluding hydrogens is 429 g/mol. The standard InChI is InChI=1S/C25H17ClFN3O2/c26-17-5-1-15(2-6-17)13-30-14-20-24(16-3-7-18(27)8-4-16)28-29-25(20)19-11-22-23(12-21(19)30)32-10-9-31-22/h1-8,11-12,14H,9-10,13H2. The third-order valence-corrected chi connectivity index (χ3v) is 5.91. The van der Waals surface area contributed by atoms with Crippen LogP contribution in [0, 0.1) is 5.82 Å². The molecule has 0 saturated carbocycles. The van der Waals surface area contributed by atoms with E-state index >= 15 is 0 Å². The van der Waals surface area contributed by atoms with E-state index in [0.29, 0.717) is 42.0 Å². The first kappa shape index (κ1) is 19.1. The van der Waals surface area contributed by atoms with Gasteiger partial charge in [0.25, 0.3) is 0 Å². The third kappa shape index (κ3) is 3.24. The Bertz CT molecular complexity index is 1410. The highest BCUT2D eigenvalue weighted by molar-refractivity contribution is 6.30. The first-order chi connectivity index (χ1) is 15.7. The molecule has 0 aliphatic carbocycles. The molecule has 0 radical (unpaired) electrons. The highest BCUT2D eigenvalue weighted by atomic mass is 35.5. The summed E-state index contributed by atoms with van der Waals surface area (Å²) in [6.45, 7) is 1.65. The summed E-state index contributed by atoms with van der Waals surface area (Å²) in [7, 11) is 0. The van der Waals surface area contributed by atoms with E-state index in [1.165, 1.54) is 12.1 Å². The van der Waals surface area contributed by atoms with Gasteiger partial charge >= 0.3 is 0 Å². The number of pyridine rings is 1. The van der Waals surface area contributed by atoms with Gasteiger partial charge in [0.1, 0.15) is 30.4 Å². The van der Waals surface area contributed by atoms with Crippen LogP contribution in [0.2, 0.25) is 5.02 Å². The van der Waals surface area contributed by atoms with Crippen LogP contribution in [0.1, 0.15) is 5.56 Å². The fraction of sp³-hybridized carbons (Fsp3) is 0.120. The second kappa shape index (κ2) is 7.50. The zero-order chi connectivity index (χ0) is 21.7. The molecule has 32 heavy (non-hydrogen) atoms. The van der Waals surface area contributed by atoms with E-state index in [4.69, 9.17) is 21.1 Å². The summed E-state index contributed by atoms with van der Waals surface area (Å²) in [5.41, 5.74) is 5.23. The van der Waals surface area contributed by atoms with Gasteiger partial charge < -0.3 is 14.0 Å². The minimum atomic E-state index is -0.287. The predicted molar refractivity (Wildman–Crippen MR) is 121 cm³/mol. The molecule has 3 aromatic rings. The summed E-state index contributed by atoms with van der Waals surface area (Å²) in [5.74, 6) is 1.12. The van der Waals surface area contributed by atoms with Crippen LogP contribution in [-0.2, 0) is 6.54 Å². The molecule has 0 amide bonds. The van der Waals surface area contributed by atoms with Gasteiger partial charge in [-0.05, 0) is 48.0 Å². The van der Waals surface area contributed by atoms with Crippen molar-refractivity contribution in [2.45, 2.75) is 6.54 Å². The van der Waals surface area contributed by atoms with Crippen LogP contribution in [0.25, 0.3) is 33.4 Å². The average Bonchev–Trinajstić information content (AvgIpc) is 3.24. The largest absolute Gasteiger partial charge is 0.486 e. The van der Waals surface area contributed by atoms with E-state index in [1.807, 2.05) is 42.6 Å². The Morgan fingerprint density at radius 1 is 0.875 bits per heavy atom. The number of benzene rings is 3. The number of nitrogens with zero attached hydrogens (tertiary/aromatic N) is 3. The van der Waals surface area contributed by atoms with Crippen molar-refractivity contribution in [1.29, 1.82) is 0 Å². The van der Waals surface area contributed by atoms with E-state index in [-0.39, 0.29) is 5.82 Å². The van der Waals surface area contributed by atoms with Gasteiger partial charge in [0.2, 0.25) is 0 Å². The molecule has 3 aromatic carbocycles. The lowest BCUT2D eigenvalue weighted by molar-refractivity contribution is 0.172. The molecular formula is C25H17ClFN3O2. The highest BCUT2D eigenvalue weighted by Gasteiger charge is 2.23. The Balaban J connectivity index is 1.58. The summed E-state index contributed by atoms with van der Waals surface area (Å²) >= 11 is 6.07. The molecule has 6 rings (SSSR count). The molecule has 0 saturated heterocycles. The molecule has 0 N–H and O–H groups in total. The lowest BCUT2D eigenvalue weighted by Crippen LogP contribution is -2.15. The highest BCUT2D eigenvalue weighted by Crippen LogP contribution is 2.41. The molecule has 0 atom stereocenters. The number of halogens is 2. The molecule has 3 aliphatic rings. The van der Waals surface area contributed by atoms with Crippen molar-refractivity contribution < 1.29 is 13.9 Å². The van der Waals surface area contributed by atoms with Crippen molar-refractivity contribution in [3.8, 4) is 34.0 Å². The van der Waals surface area contributed by atoms with Gasteiger partial charge in [-0.1, -0.05) is 23.7 Å². The zero-order valence-corrected chi connectivity index (χ0v) is 17.6. The predicted octanol–water partition coefficient (Wildman–Crippen LogP) is 5.82. The maximum absolute atomic E-state index is 13.5. The first-order valence-corrected chi connectivity index (χ1v) is 10.6. The SMILES string of the molecule is Fc1ccc(-c2nnc3c4cc5c(cc4n(Cc4ccc(Cl)cc4)cc2-3)OCCO5)cc1. The monoisotopic (exact) mass is 445 g/mol. The maximum Gasteiger partial charge on any atom is 0.163 e. The second-order valence-corrected chi connectivity index (χ2v) is 8.15. The molecule has 0 unspecified atom stereocenters. The Morgan fingerprint density at radius 3 is 2.31 bits per heavy atom. The minimum absolute atomic E-state index is 0.287. The van der Waals surface area contributed by atoms with E-state index in [2.05, 4.69) is 14.8 Å². The van der Waals surface area contributed by atoms with Gasteiger partial charge in [0.05, 0.1) is 5.52 Å². The quantitative estimate of drug-likeness (QED) is 0.351. The minimum Gasteiger partial charge on any atom is -0.486 e. The number of rotatable bonds is 3. The van der Waals surface area contributed by atoms with Crippen LogP contribution in [0.4, 0.5) is 4.39 Å². The van der Waals surface area contributed by atoms with Crippen molar-refractivity contribution in [3.05, 3.63) is 83.3 Å². The molecule has 5 nitrogen and oxygen atoms in total. The van der Waals surface area contributed by atoms with Gasteiger partial charge in [-0.25, -0.2) is 4.39 Å². The summed E-state index contributed by atoms with van der Waals surface area (Å²) in [6.07, 6.45) is 2.04. The van der Waals surface area contributed by atoms with E-state index in [1.54, 1.807) is 12.1 Å². The summed E-state index contributed by atoms with van der Waals surface area (Å²) in [6, 6.07) is 18.0. The van der Waals surface area contributed by atoms with Crippen molar-refractivity contribution in [2.75, 3.05) is 13.2 Å². The second-order valence-electron chi connectivity index (χ2n) is 7.71. The van der Waals surface area contributed by atoms with E-state index in [9.17, 15) is 4.39 Å². The van der Waals surface area contributed by atoms with Crippen molar-refractivity contribution in [1.82, 2.24) is 14.8 Å². The lowest BCUT2D eigenvalue weighted by atomic mass is 10.0. The third-order valence-electron chi connectivity index (χ3n) is 5.65. The van der Waals surface area contributed by atoms with Crippen LogP contribution in [-0.4, -0.2) is 28.0 Å². The fourth-order valence-electron chi connectivity index (χ4n) is 4.11. The lowest BCUT2D eigenvalue weighted by Gasteiger charge is -2.21. The van der Waals surface area contributed by atoms with Gasteiger partial charge in [-0.15, -0.1) is 10.2 Å². The normalized spacial score (nSPS) is 13.1. The van der Waals surface area contributed by atoms with Crippen LogP contribution in [0.15, 0.2) is 66.9 Å². The molecule has 0 fully saturated rings. The molecule has 3 heterocycles. The Morgan fingerprint density at radius 2 is 1.56 bits per heavy atom. The molecule has 0 aromatic heterocycles. The summed E-state index contributed by atoms with van der Waals surface area (Å²) in [4.78, 5) is 0. The Kier molecular flexibility index (Phi) is 4.47. The number of hydrogen-bond acceptors (Lipinski definition) is 4. The number of ether oxygens (including phenoxy) is 2. The maximum atomic E-state index is 13.5. The van der Waals surface area contributed by atoms with Crippen LogP contribution in [0.5, 0.6) is 11.5 Å². The van der Waals surface area contributed by atoms with E-state index in [0.717, 1.165) is 33.3 Å².